The molecule has 2 aromatic heterocycles. The standard InChI is InChI=1S/C16H15F2N5O2S/c17-16(18)6-7-23(8-16)15-12-11(20-9-21-15)13(14(19)22-12)26(24,25)10-4-2-1-3-5-10/h1-5,9,22H,6-8,19H2. The van der Waals surface area contributed by atoms with Gasteiger partial charge in [0.15, 0.2) is 5.82 Å². The van der Waals surface area contributed by atoms with Crippen LogP contribution in [0.25, 0.3) is 11.0 Å². The van der Waals surface area contributed by atoms with E-state index in [-0.39, 0.29) is 45.4 Å². The maximum atomic E-state index is 13.6. The Kier molecular flexibility index (Phi) is 3.62. The molecule has 0 bridgehead atoms. The van der Waals surface area contributed by atoms with Gasteiger partial charge in [0.25, 0.3) is 5.92 Å². The second-order valence-corrected chi connectivity index (χ2v) is 8.02. The Morgan fingerprint density at radius 3 is 2.58 bits per heavy atom. The molecule has 1 aliphatic rings. The van der Waals surface area contributed by atoms with E-state index in [0.29, 0.717) is 0 Å². The van der Waals surface area contributed by atoms with Crippen LogP contribution in [-0.2, 0) is 9.84 Å². The molecule has 3 heterocycles. The first-order valence-electron chi connectivity index (χ1n) is 7.85. The summed E-state index contributed by atoms with van der Waals surface area (Å²) in [4.78, 5) is 12.2. The van der Waals surface area contributed by atoms with Crippen molar-refractivity contribution in [1.29, 1.82) is 0 Å². The lowest BCUT2D eigenvalue weighted by molar-refractivity contribution is 0.0257. The maximum absolute atomic E-state index is 13.6. The van der Waals surface area contributed by atoms with Gasteiger partial charge in [-0.25, -0.2) is 27.2 Å². The number of rotatable bonds is 3. The molecule has 3 N–H and O–H groups in total. The molecule has 7 nitrogen and oxygen atoms in total. The molecule has 0 saturated carbocycles. The number of nitrogens with zero attached hydrogens (tertiary/aromatic N) is 3. The largest absolute Gasteiger partial charge is 0.384 e. The third-order valence-electron chi connectivity index (χ3n) is 4.34. The number of aromatic amines is 1. The van der Waals surface area contributed by atoms with E-state index in [1.54, 1.807) is 18.2 Å². The zero-order valence-corrected chi connectivity index (χ0v) is 14.3. The van der Waals surface area contributed by atoms with Crippen LogP contribution in [0.2, 0.25) is 0 Å². The van der Waals surface area contributed by atoms with E-state index in [4.69, 9.17) is 5.73 Å². The van der Waals surface area contributed by atoms with Gasteiger partial charge in [-0.05, 0) is 12.1 Å². The fraction of sp³-hybridized carbons (Fsp3) is 0.250. The highest BCUT2D eigenvalue weighted by molar-refractivity contribution is 7.92. The van der Waals surface area contributed by atoms with Crippen molar-refractivity contribution in [3.05, 3.63) is 36.7 Å². The van der Waals surface area contributed by atoms with Crippen LogP contribution in [0, 0.1) is 0 Å². The Morgan fingerprint density at radius 1 is 1.19 bits per heavy atom. The van der Waals surface area contributed by atoms with E-state index in [2.05, 4.69) is 15.0 Å². The average Bonchev–Trinajstić information content (AvgIpc) is 3.14. The number of nitrogens with two attached hydrogens (primary N) is 1. The Labute approximate surface area is 147 Å². The molecule has 0 unspecified atom stereocenters. The summed E-state index contributed by atoms with van der Waals surface area (Å²) in [5.41, 5.74) is 6.25. The molecule has 3 aromatic rings. The number of hydrogen-bond acceptors (Lipinski definition) is 6. The molecule has 10 heteroatoms. The average molecular weight is 379 g/mol. The molecule has 0 atom stereocenters. The van der Waals surface area contributed by atoms with Gasteiger partial charge in [-0.15, -0.1) is 0 Å². The Balaban J connectivity index is 1.89. The summed E-state index contributed by atoms with van der Waals surface area (Å²) < 4.78 is 53.1. The SMILES string of the molecule is Nc1[nH]c2c(N3CCC(F)(F)C3)ncnc2c1S(=O)(=O)c1ccccc1. The van der Waals surface area contributed by atoms with Crippen LogP contribution in [0.15, 0.2) is 46.5 Å². The summed E-state index contributed by atoms with van der Waals surface area (Å²) in [5.74, 6) is -2.70. The van der Waals surface area contributed by atoms with Gasteiger partial charge in [0.2, 0.25) is 9.84 Å². The molecule has 0 aliphatic carbocycles. The Morgan fingerprint density at radius 2 is 1.92 bits per heavy atom. The number of sulfone groups is 1. The van der Waals surface area contributed by atoms with Crippen molar-refractivity contribution in [2.75, 3.05) is 23.7 Å². The number of benzene rings is 1. The molecule has 26 heavy (non-hydrogen) atoms. The minimum Gasteiger partial charge on any atom is -0.384 e. The van der Waals surface area contributed by atoms with Gasteiger partial charge >= 0.3 is 0 Å². The zero-order chi connectivity index (χ0) is 18.5. The van der Waals surface area contributed by atoms with Crippen molar-refractivity contribution < 1.29 is 17.2 Å². The number of halogens is 2. The van der Waals surface area contributed by atoms with E-state index in [1.807, 2.05) is 0 Å². The van der Waals surface area contributed by atoms with Gasteiger partial charge in [0.1, 0.15) is 28.1 Å². The van der Waals surface area contributed by atoms with E-state index in [0.717, 1.165) is 6.33 Å². The quantitative estimate of drug-likeness (QED) is 0.723. The first kappa shape index (κ1) is 16.7. The maximum Gasteiger partial charge on any atom is 0.266 e. The minimum absolute atomic E-state index is 0.0699. The highest BCUT2D eigenvalue weighted by Crippen LogP contribution is 2.37. The Hall–Kier alpha value is -2.75. The number of fused-ring (bicyclic) bond motifs is 1. The van der Waals surface area contributed by atoms with Crippen LogP contribution in [0.1, 0.15) is 6.42 Å². The smallest absolute Gasteiger partial charge is 0.266 e. The van der Waals surface area contributed by atoms with Crippen LogP contribution < -0.4 is 10.6 Å². The van der Waals surface area contributed by atoms with Gasteiger partial charge in [0.05, 0.1) is 11.4 Å². The highest BCUT2D eigenvalue weighted by Gasteiger charge is 2.40. The minimum atomic E-state index is -3.93. The lowest BCUT2D eigenvalue weighted by Crippen LogP contribution is -2.25. The van der Waals surface area contributed by atoms with Crippen molar-refractivity contribution in [2.24, 2.45) is 0 Å². The molecule has 136 valence electrons. The number of hydrogen-bond donors (Lipinski definition) is 2. The molecule has 1 aliphatic heterocycles. The van der Waals surface area contributed by atoms with Gasteiger partial charge in [0, 0.05) is 13.0 Å². The number of anilines is 2. The van der Waals surface area contributed by atoms with Crippen LogP contribution in [-0.4, -0.2) is 42.4 Å². The monoisotopic (exact) mass is 379 g/mol. The fourth-order valence-corrected chi connectivity index (χ4v) is 4.63. The molecule has 0 radical (unpaired) electrons. The third-order valence-corrected chi connectivity index (χ3v) is 6.18. The lowest BCUT2D eigenvalue weighted by atomic mass is 10.3. The van der Waals surface area contributed by atoms with Crippen molar-refractivity contribution in [1.82, 2.24) is 15.0 Å². The second kappa shape index (κ2) is 5.63. The third kappa shape index (κ3) is 2.57. The number of H-pyrrole nitrogens is 1. The van der Waals surface area contributed by atoms with Gasteiger partial charge in [-0.3, -0.25) is 0 Å². The van der Waals surface area contributed by atoms with E-state index in [1.165, 1.54) is 17.0 Å². The number of aromatic nitrogens is 3. The molecule has 1 fully saturated rings. The molecule has 0 spiro atoms. The first-order chi connectivity index (χ1) is 12.3. The van der Waals surface area contributed by atoms with E-state index < -0.39 is 22.3 Å². The van der Waals surface area contributed by atoms with Crippen molar-refractivity contribution in [3.8, 4) is 0 Å². The summed E-state index contributed by atoms with van der Waals surface area (Å²) in [6, 6.07) is 7.81. The van der Waals surface area contributed by atoms with Gasteiger partial charge < -0.3 is 15.6 Å². The normalized spacial score (nSPS) is 17.1. The number of nitrogens with one attached hydrogen (secondary N) is 1. The van der Waals surface area contributed by atoms with Crippen LogP contribution >= 0.6 is 0 Å². The number of alkyl halides is 2. The molecule has 4 rings (SSSR count). The topological polar surface area (TPSA) is 105 Å². The summed E-state index contributed by atoms with van der Waals surface area (Å²) in [6.07, 6.45) is 0.870. The summed E-state index contributed by atoms with van der Waals surface area (Å²) in [6.45, 7) is -0.377. The predicted octanol–water partition coefficient (Wildman–Crippen LogP) is 2.22. The number of nitrogen functional groups attached to an aromatic ring is 1. The molecular formula is C16H15F2N5O2S. The van der Waals surface area contributed by atoms with Crippen LogP contribution in [0.3, 0.4) is 0 Å². The summed E-state index contributed by atoms with van der Waals surface area (Å²) in [7, 11) is -3.93. The molecule has 1 aromatic carbocycles. The zero-order valence-electron chi connectivity index (χ0n) is 13.5. The summed E-state index contributed by atoms with van der Waals surface area (Å²) in [5, 5.41) is 0. The molecular weight excluding hydrogens is 364 g/mol. The fourth-order valence-electron chi connectivity index (χ4n) is 3.13. The molecule has 0 amide bonds. The van der Waals surface area contributed by atoms with Crippen LogP contribution in [0.4, 0.5) is 20.4 Å². The van der Waals surface area contributed by atoms with Crippen molar-refractivity contribution in [2.45, 2.75) is 22.1 Å². The first-order valence-corrected chi connectivity index (χ1v) is 9.33. The van der Waals surface area contributed by atoms with Gasteiger partial charge in [-0.2, -0.15) is 0 Å². The van der Waals surface area contributed by atoms with Crippen molar-refractivity contribution >= 4 is 32.5 Å². The van der Waals surface area contributed by atoms with Crippen molar-refractivity contribution in [3.63, 3.8) is 0 Å². The van der Waals surface area contributed by atoms with Gasteiger partial charge in [-0.1, -0.05) is 18.2 Å². The molecule has 1 saturated heterocycles. The lowest BCUT2D eigenvalue weighted by Gasteiger charge is -2.17. The second-order valence-electron chi connectivity index (χ2n) is 6.13. The highest BCUT2D eigenvalue weighted by atomic mass is 32.2. The predicted molar refractivity (Wildman–Crippen MR) is 92.0 cm³/mol. The summed E-state index contributed by atoms with van der Waals surface area (Å²) >= 11 is 0. The van der Waals surface area contributed by atoms with Crippen LogP contribution in [0.5, 0.6) is 0 Å². The van der Waals surface area contributed by atoms with E-state index in [9.17, 15) is 17.2 Å². The Bertz CT molecular complexity index is 1080. The van der Waals surface area contributed by atoms with E-state index >= 15 is 0 Å².